The van der Waals surface area contributed by atoms with E-state index in [0.717, 1.165) is 17.7 Å². The van der Waals surface area contributed by atoms with Crippen molar-refractivity contribution >= 4 is 5.97 Å². The second kappa shape index (κ2) is 8.00. The van der Waals surface area contributed by atoms with Gasteiger partial charge in [0.05, 0.1) is 24.2 Å². The molecule has 0 fully saturated rings. The normalized spacial score (nSPS) is 11.5. The number of carbonyl (C=O) groups is 1. The van der Waals surface area contributed by atoms with Gasteiger partial charge in [0.15, 0.2) is 0 Å². The molecule has 2 aromatic carbocycles. The minimum Gasteiger partial charge on any atom is -0.494 e. The van der Waals surface area contributed by atoms with E-state index >= 15 is 0 Å². The van der Waals surface area contributed by atoms with E-state index in [0.29, 0.717) is 13.0 Å². The number of aromatic carboxylic acids is 1. The van der Waals surface area contributed by atoms with Crippen molar-refractivity contribution in [2.24, 2.45) is 0 Å². The van der Waals surface area contributed by atoms with Crippen molar-refractivity contribution in [3.8, 4) is 11.8 Å². The Hall–Kier alpha value is -2.80. The molecule has 4 nitrogen and oxygen atoms in total. The van der Waals surface area contributed by atoms with E-state index in [-0.39, 0.29) is 11.5 Å². The van der Waals surface area contributed by atoms with Gasteiger partial charge in [0.25, 0.3) is 0 Å². The third-order valence-electron chi connectivity index (χ3n) is 3.70. The summed E-state index contributed by atoms with van der Waals surface area (Å²) in [4.78, 5) is 10.8. The van der Waals surface area contributed by atoms with Crippen LogP contribution in [0.15, 0.2) is 48.5 Å². The van der Waals surface area contributed by atoms with Crippen LogP contribution in [0.2, 0.25) is 0 Å². The molecule has 118 valence electrons. The summed E-state index contributed by atoms with van der Waals surface area (Å²) in [7, 11) is 0. The molecule has 4 heteroatoms. The molecule has 1 unspecified atom stereocenters. The standard InChI is InChI=1S/C19H19NO3/c1-2-14-4-3-5-18(12-14)23-11-10-17(13-20)15-6-8-16(9-7-15)19(21)22/h3-9,12,17H,2,10-11H2,1H3,(H,21,22). The van der Waals surface area contributed by atoms with Crippen LogP contribution in [0.4, 0.5) is 0 Å². The van der Waals surface area contributed by atoms with Gasteiger partial charge in [-0.05, 0) is 41.8 Å². The Morgan fingerprint density at radius 2 is 2.00 bits per heavy atom. The Morgan fingerprint density at radius 3 is 2.61 bits per heavy atom. The average molecular weight is 309 g/mol. The summed E-state index contributed by atoms with van der Waals surface area (Å²) in [5.74, 6) is -0.473. The van der Waals surface area contributed by atoms with Crippen LogP contribution in [-0.4, -0.2) is 17.7 Å². The van der Waals surface area contributed by atoms with Crippen molar-refractivity contribution in [2.75, 3.05) is 6.61 Å². The van der Waals surface area contributed by atoms with Gasteiger partial charge in [-0.25, -0.2) is 4.79 Å². The lowest BCUT2D eigenvalue weighted by atomic mass is 9.96. The highest BCUT2D eigenvalue weighted by Crippen LogP contribution is 2.21. The predicted octanol–water partition coefficient (Wildman–Crippen LogP) is 4.02. The van der Waals surface area contributed by atoms with Gasteiger partial charge in [0.1, 0.15) is 5.75 Å². The first-order chi connectivity index (χ1) is 11.1. The van der Waals surface area contributed by atoms with E-state index in [1.54, 1.807) is 12.1 Å². The molecular weight excluding hydrogens is 290 g/mol. The van der Waals surface area contributed by atoms with Crippen LogP contribution in [0.5, 0.6) is 5.75 Å². The molecule has 23 heavy (non-hydrogen) atoms. The first-order valence-electron chi connectivity index (χ1n) is 7.58. The molecule has 0 aliphatic carbocycles. The number of carboxylic acids is 1. The van der Waals surface area contributed by atoms with E-state index in [2.05, 4.69) is 19.1 Å². The maximum atomic E-state index is 10.8. The van der Waals surface area contributed by atoms with E-state index in [4.69, 9.17) is 9.84 Å². The molecule has 2 aromatic rings. The lowest BCUT2D eigenvalue weighted by Crippen LogP contribution is -2.05. The molecule has 1 N–H and O–H groups in total. The second-order valence-corrected chi connectivity index (χ2v) is 5.25. The summed E-state index contributed by atoms with van der Waals surface area (Å²) >= 11 is 0. The molecule has 0 bridgehead atoms. The minimum absolute atomic E-state index is 0.220. The van der Waals surface area contributed by atoms with Gasteiger partial charge < -0.3 is 9.84 Å². The molecule has 0 aliphatic heterocycles. The molecule has 1 atom stereocenters. The number of rotatable bonds is 7. The van der Waals surface area contributed by atoms with Crippen molar-refractivity contribution in [1.29, 1.82) is 5.26 Å². The van der Waals surface area contributed by atoms with Crippen LogP contribution < -0.4 is 4.74 Å². The van der Waals surface area contributed by atoms with E-state index < -0.39 is 5.97 Å². The van der Waals surface area contributed by atoms with Gasteiger partial charge in [0, 0.05) is 6.42 Å². The first kappa shape index (κ1) is 16.6. The summed E-state index contributed by atoms with van der Waals surface area (Å²) < 4.78 is 5.72. The largest absolute Gasteiger partial charge is 0.494 e. The van der Waals surface area contributed by atoms with Crippen LogP contribution in [0, 0.1) is 11.3 Å². The number of carboxylic acid groups (broad SMARTS) is 1. The van der Waals surface area contributed by atoms with Gasteiger partial charge in [-0.3, -0.25) is 0 Å². The van der Waals surface area contributed by atoms with Crippen molar-refractivity contribution in [3.05, 3.63) is 65.2 Å². The molecule has 0 radical (unpaired) electrons. The molecule has 0 heterocycles. The number of nitriles is 1. The average Bonchev–Trinajstić information content (AvgIpc) is 2.59. The maximum Gasteiger partial charge on any atom is 0.335 e. The van der Waals surface area contributed by atoms with Crippen molar-refractivity contribution in [2.45, 2.75) is 25.7 Å². The molecule has 0 spiro atoms. The fraction of sp³-hybridized carbons (Fsp3) is 0.263. The van der Waals surface area contributed by atoms with Gasteiger partial charge >= 0.3 is 5.97 Å². The van der Waals surface area contributed by atoms with E-state index in [1.165, 1.54) is 17.7 Å². The molecule has 2 rings (SSSR count). The van der Waals surface area contributed by atoms with Crippen molar-refractivity contribution in [3.63, 3.8) is 0 Å². The molecular formula is C19H19NO3. The fourth-order valence-electron chi connectivity index (χ4n) is 2.31. The fourth-order valence-corrected chi connectivity index (χ4v) is 2.31. The van der Waals surface area contributed by atoms with E-state index in [1.807, 2.05) is 18.2 Å². The summed E-state index contributed by atoms with van der Waals surface area (Å²) in [6.07, 6.45) is 1.51. The molecule has 0 aromatic heterocycles. The van der Waals surface area contributed by atoms with Gasteiger partial charge in [-0.15, -0.1) is 0 Å². The minimum atomic E-state index is -0.968. The third kappa shape index (κ3) is 4.58. The van der Waals surface area contributed by atoms with Crippen LogP contribution >= 0.6 is 0 Å². The van der Waals surface area contributed by atoms with Gasteiger partial charge in [-0.2, -0.15) is 5.26 Å². The Bertz CT molecular complexity index is 701. The number of benzene rings is 2. The Labute approximate surface area is 136 Å². The lowest BCUT2D eigenvalue weighted by Gasteiger charge is -2.11. The van der Waals surface area contributed by atoms with Crippen LogP contribution in [0.1, 0.15) is 40.7 Å². The third-order valence-corrected chi connectivity index (χ3v) is 3.70. The first-order valence-corrected chi connectivity index (χ1v) is 7.58. The molecule has 0 saturated carbocycles. The van der Waals surface area contributed by atoms with Crippen LogP contribution in [-0.2, 0) is 6.42 Å². The number of nitrogens with zero attached hydrogens (tertiary/aromatic N) is 1. The van der Waals surface area contributed by atoms with Gasteiger partial charge in [0.2, 0.25) is 0 Å². The second-order valence-electron chi connectivity index (χ2n) is 5.25. The van der Waals surface area contributed by atoms with Gasteiger partial charge in [-0.1, -0.05) is 31.2 Å². The molecule has 0 aliphatic rings. The number of hydrogen-bond donors (Lipinski definition) is 1. The predicted molar refractivity (Wildman–Crippen MR) is 87.7 cm³/mol. The molecule has 0 saturated heterocycles. The maximum absolute atomic E-state index is 10.8. The summed E-state index contributed by atoms with van der Waals surface area (Å²) in [5, 5.41) is 18.2. The summed E-state index contributed by atoms with van der Waals surface area (Å²) in [6.45, 7) is 2.53. The van der Waals surface area contributed by atoms with Crippen molar-refractivity contribution in [1.82, 2.24) is 0 Å². The summed E-state index contributed by atoms with van der Waals surface area (Å²) in [5.41, 5.74) is 2.24. The van der Waals surface area contributed by atoms with Crippen LogP contribution in [0.3, 0.4) is 0 Å². The Morgan fingerprint density at radius 1 is 1.26 bits per heavy atom. The highest BCUT2D eigenvalue weighted by Gasteiger charge is 2.12. The molecule has 0 amide bonds. The number of ether oxygens (including phenoxy) is 1. The quantitative estimate of drug-likeness (QED) is 0.838. The zero-order valence-electron chi connectivity index (χ0n) is 13.0. The zero-order valence-corrected chi connectivity index (χ0v) is 13.0. The van der Waals surface area contributed by atoms with Crippen LogP contribution in [0.25, 0.3) is 0 Å². The topological polar surface area (TPSA) is 70.3 Å². The van der Waals surface area contributed by atoms with E-state index in [9.17, 15) is 10.1 Å². The zero-order chi connectivity index (χ0) is 16.7. The Kier molecular flexibility index (Phi) is 5.76. The highest BCUT2D eigenvalue weighted by atomic mass is 16.5. The monoisotopic (exact) mass is 309 g/mol. The lowest BCUT2D eigenvalue weighted by molar-refractivity contribution is 0.0697. The number of hydrogen-bond acceptors (Lipinski definition) is 3. The number of aryl methyl sites for hydroxylation is 1. The SMILES string of the molecule is CCc1cccc(OCCC(C#N)c2ccc(C(=O)O)cc2)c1. The highest BCUT2D eigenvalue weighted by molar-refractivity contribution is 5.87. The van der Waals surface area contributed by atoms with Crippen molar-refractivity contribution < 1.29 is 14.6 Å². The smallest absolute Gasteiger partial charge is 0.335 e. The summed E-state index contributed by atoms with van der Waals surface area (Å²) in [6, 6.07) is 16.6. The Balaban J connectivity index is 1.94.